The van der Waals surface area contributed by atoms with E-state index in [1.54, 1.807) is 18.4 Å². The molecule has 1 atom stereocenters. The molecule has 1 aliphatic heterocycles. The number of nitrogens with one attached hydrogen (secondary N) is 3. The van der Waals surface area contributed by atoms with Gasteiger partial charge in [-0.2, -0.15) is 0 Å². The van der Waals surface area contributed by atoms with Crippen LogP contribution in [-0.2, 0) is 11.2 Å². The first-order valence-electron chi connectivity index (χ1n) is 7.42. The topological polar surface area (TPSA) is 96.3 Å². The summed E-state index contributed by atoms with van der Waals surface area (Å²) < 4.78 is 5.11. The van der Waals surface area contributed by atoms with Crippen LogP contribution in [0.2, 0.25) is 0 Å². The van der Waals surface area contributed by atoms with Crippen LogP contribution in [0.15, 0.2) is 22.1 Å². The Hall–Kier alpha value is -2.19. The zero-order chi connectivity index (χ0) is 16.2. The third kappa shape index (κ3) is 3.96. The van der Waals surface area contributed by atoms with Crippen LogP contribution in [0.4, 0.5) is 5.13 Å². The molecule has 0 bridgehead atoms. The molecular weight excluding hydrogens is 316 g/mol. The van der Waals surface area contributed by atoms with Gasteiger partial charge in [0, 0.05) is 18.0 Å². The summed E-state index contributed by atoms with van der Waals surface area (Å²) in [5.74, 6) is 0.245. The minimum atomic E-state index is -0.265. The van der Waals surface area contributed by atoms with E-state index in [0.29, 0.717) is 22.1 Å². The zero-order valence-corrected chi connectivity index (χ0v) is 13.5. The molecule has 1 fully saturated rings. The van der Waals surface area contributed by atoms with Crippen LogP contribution in [-0.4, -0.2) is 35.9 Å². The SMILES string of the molecule is Cc1occc1C(=O)Nc1nc(CC(=O)NC2CCNC2)cs1. The number of amides is 2. The largest absolute Gasteiger partial charge is 0.469 e. The van der Waals surface area contributed by atoms with Gasteiger partial charge >= 0.3 is 0 Å². The fourth-order valence-corrected chi connectivity index (χ4v) is 3.16. The molecule has 2 aromatic rings. The first-order valence-corrected chi connectivity index (χ1v) is 8.29. The quantitative estimate of drug-likeness (QED) is 0.766. The van der Waals surface area contributed by atoms with E-state index in [-0.39, 0.29) is 24.3 Å². The van der Waals surface area contributed by atoms with E-state index in [2.05, 4.69) is 20.9 Å². The minimum absolute atomic E-state index is 0.0486. The molecular formula is C15H18N4O3S. The summed E-state index contributed by atoms with van der Waals surface area (Å²) >= 11 is 1.30. The zero-order valence-electron chi connectivity index (χ0n) is 12.7. The van der Waals surface area contributed by atoms with Crippen LogP contribution in [0.3, 0.4) is 0 Å². The number of hydrogen-bond acceptors (Lipinski definition) is 6. The number of carbonyl (C=O) groups is 2. The number of nitrogens with zero attached hydrogens (tertiary/aromatic N) is 1. The second-order valence-electron chi connectivity index (χ2n) is 5.42. The Morgan fingerprint density at radius 1 is 1.52 bits per heavy atom. The van der Waals surface area contributed by atoms with Gasteiger partial charge in [0.15, 0.2) is 5.13 Å². The summed E-state index contributed by atoms with van der Waals surface area (Å²) in [5.41, 5.74) is 1.13. The first kappa shape index (κ1) is 15.7. The van der Waals surface area contributed by atoms with Crippen molar-refractivity contribution >= 4 is 28.3 Å². The number of hydrogen-bond donors (Lipinski definition) is 3. The summed E-state index contributed by atoms with van der Waals surface area (Å²) in [6.45, 7) is 3.48. The molecule has 0 saturated carbocycles. The van der Waals surface area contributed by atoms with Gasteiger partial charge in [-0.1, -0.05) is 0 Å². The van der Waals surface area contributed by atoms with Crippen molar-refractivity contribution in [1.82, 2.24) is 15.6 Å². The van der Waals surface area contributed by atoms with Crippen LogP contribution >= 0.6 is 11.3 Å². The minimum Gasteiger partial charge on any atom is -0.469 e. The number of anilines is 1. The standard InChI is InChI=1S/C15H18N4O3S/c1-9-12(3-5-22-9)14(21)19-15-18-11(8-23-15)6-13(20)17-10-2-4-16-7-10/h3,5,8,10,16H,2,4,6-7H2,1H3,(H,17,20)(H,18,19,21). The molecule has 0 spiro atoms. The van der Waals surface area contributed by atoms with Crippen LogP contribution in [0, 0.1) is 6.92 Å². The van der Waals surface area contributed by atoms with Gasteiger partial charge in [0.25, 0.3) is 5.91 Å². The van der Waals surface area contributed by atoms with Crippen molar-refractivity contribution in [3.63, 3.8) is 0 Å². The molecule has 23 heavy (non-hydrogen) atoms. The van der Waals surface area contributed by atoms with Crippen molar-refractivity contribution in [3.8, 4) is 0 Å². The highest BCUT2D eigenvalue weighted by molar-refractivity contribution is 7.14. The van der Waals surface area contributed by atoms with Gasteiger partial charge in [-0.05, 0) is 26.0 Å². The number of carbonyl (C=O) groups excluding carboxylic acids is 2. The molecule has 2 aromatic heterocycles. The van der Waals surface area contributed by atoms with E-state index in [9.17, 15) is 9.59 Å². The predicted molar refractivity (Wildman–Crippen MR) is 86.6 cm³/mol. The number of thiazole rings is 1. The van der Waals surface area contributed by atoms with Gasteiger partial charge in [-0.15, -0.1) is 11.3 Å². The van der Waals surface area contributed by atoms with Gasteiger partial charge in [-0.25, -0.2) is 4.98 Å². The summed E-state index contributed by atoms with van der Waals surface area (Å²) in [6.07, 6.45) is 2.64. The van der Waals surface area contributed by atoms with Crippen molar-refractivity contribution in [1.29, 1.82) is 0 Å². The molecule has 0 aromatic carbocycles. The number of aryl methyl sites for hydroxylation is 1. The predicted octanol–water partition coefficient (Wildman–Crippen LogP) is 1.32. The van der Waals surface area contributed by atoms with Crippen molar-refractivity contribution in [3.05, 3.63) is 34.7 Å². The summed E-state index contributed by atoms with van der Waals surface area (Å²) in [7, 11) is 0. The average molecular weight is 334 g/mol. The maximum absolute atomic E-state index is 12.1. The monoisotopic (exact) mass is 334 g/mol. The van der Waals surface area contributed by atoms with Gasteiger partial charge in [-0.3, -0.25) is 14.9 Å². The highest BCUT2D eigenvalue weighted by Gasteiger charge is 2.18. The van der Waals surface area contributed by atoms with E-state index in [1.807, 2.05) is 0 Å². The molecule has 8 heteroatoms. The Morgan fingerprint density at radius 2 is 2.39 bits per heavy atom. The van der Waals surface area contributed by atoms with Crippen LogP contribution in [0.25, 0.3) is 0 Å². The second-order valence-corrected chi connectivity index (χ2v) is 6.28. The lowest BCUT2D eigenvalue weighted by Crippen LogP contribution is -2.37. The van der Waals surface area contributed by atoms with Gasteiger partial charge in [0.1, 0.15) is 5.76 Å². The van der Waals surface area contributed by atoms with Gasteiger partial charge < -0.3 is 15.1 Å². The third-order valence-corrected chi connectivity index (χ3v) is 4.45. The fourth-order valence-electron chi connectivity index (χ4n) is 2.45. The molecule has 0 radical (unpaired) electrons. The third-order valence-electron chi connectivity index (χ3n) is 3.64. The lowest BCUT2D eigenvalue weighted by Gasteiger charge is -2.10. The number of rotatable bonds is 5. The summed E-state index contributed by atoms with van der Waals surface area (Å²) in [6, 6.07) is 1.81. The molecule has 1 saturated heterocycles. The molecule has 122 valence electrons. The van der Waals surface area contributed by atoms with Crippen molar-refractivity contribution in [2.24, 2.45) is 0 Å². The Morgan fingerprint density at radius 3 is 3.09 bits per heavy atom. The average Bonchev–Trinajstić information content (AvgIpc) is 3.22. The Balaban J connectivity index is 1.54. The lowest BCUT2D eigenvalue weighted by molar-refractivity contribution is -0.121. The highest BCUT2D eigenvalue weighted by atomic mass is 32.1. The molecule has 1 aliphatic rings. The Kier molecular flexibility index (Phi) is 4.73. The highest BCUT2D eigenvalue weighted by Crippen LogP contribution is 2.18. The molecule has 3 rings (SSSR count). The fraction of sp³-hybridized carbons (Fsp3) is 0.400. The van der Waals surface area contributed by atoms with E-state index >= 15 is 0 Å². The molecule has 2 amide bonds. The molecule has 0 aliphatic carbocycles. The normalized spacial score (nSPS) is 17.2. The number of furan rings is 1. The van der Waals surface area contributed by atoms with Crippen LogP contribution in [0.1, 0.15) is 28.2 Å². The lowest BCUT2D eigenvalue weighted by atomic mass is 10.2. The molecule has 3 heterocycles. The van der Waals surface area contributed by atoms with Crippen LogP contribution in [0.5, 0.6) is 0 Å². The van der Waals surface area contributed by atoms with E-state index < -0.39 is 0 Å². The summed E-state index contributed by atoms with van der Waals surface area (Å²) in [5, 5.41) is 11.1. The Labute approximate surface area is 137 Å². The van der Waals surface area contributed by atoms with Crippen molar-refractivity contribution in [2.75, 3.05) is 18.4 Å². The molecule has 3 N–H and O–H groups in total. The molecule has 1 unspecified atom stereocenters. The van der Waals surface area contributed by atoms with Gasteiger partial charge in [0.05, 0.1) is 23.9 Å². The molecule has 7 nitrogen and oxygen atoms in total. The number of aromatic nitrogens is 1. The van der Waals surface area contributed by atoms with Crippen molar-refractivity contribution < 1.29 is 14.0 Å². The first-order chi connectivity index (χ1) is 11.1. The smallest absolute Gasteiger partial charge is 0.260 e. The van der Waals surface area contributed by atoms with Gasteiger partial charge in [0.2, 0.25) is 5.91 Å². The second kappa shape index (κ2) is 6.93. The van der Waals surface area contributed by atoms with E-state index in [0.717, 1.165) is 19.5 Å². The maximum atomic E-state index is 12.1. The summed E-state index contributed by atoms with van der Waals surface area (Å²) in [4.78, 5) is 28.3. The Bertz CT molecular complexity index is 703. The maximum Gasteiger partial charge on any atom is 0.260 e. The van der Waals surface area contributed by atoms with Crippen molar-refractivity contribution in [2.45, 2.75) is 25.8 Å². The van der Waals surface area contributed by atoms with Crippen LogP contribution < -0.4 is 16.0 Å². The van der Waals surface area contributed by atoms with E-state index in [1.165, 1.54) is 17.6 Å². The van der Waals surface area contributed by atoms with E-state index in [4.69, 9.17) is 4.42 Å².